The van der Waals surface area contributed by atoms with Crippen molar-refractivity contribution in [3.8, 4) is 0 Å². The summed E-state index contributed by atoms with van der Waals surface area (Å²) in [6.45, 7) is 0. The monoisotopic (exact) mass is 328 g/mol. The molecule has 1 heterocycles. The Kier molecular flexibility index (Phi) is 3.57. The molecule has 0 saturated carbocycles. The number of nitrogens with one attached hydrogen (secondary N) is 1. The molecule has 0 saturated heterocycles. The van der Waals surface area contributed by atoms with Gasteiger partial charge in [-0.2, -0.15) is 0 Å². The van der Waals surface area contributed by atoms with Gasteiger partial charge in [0.1, 0.15) is 11.9 Å². The van der Waals surface area contributed by atoms with E-state index in [9.17, 15) is 0 Å². The molecule has 3 N–H and O–H groups in total. The van der Waals surface area contributed by atoms with E-state index in [2.05, 4.69) is 45.1 Å². The third-order valence-corrected chi connectivity index (χ3v) is 3.14. The molecular formula is C11H13IN4. The summed E-state index contributed by atoms with van der Waals surface area (Å²) in [5, 5.41) is 0. The van der Waals surface area contributed by atoms with Crippen molar-refractivity contribution in [2.45, 2.75) is 6.04 Å². The first kappa shape index (κ1) is 11.6. The minimum Gasteiger partial charge on any atom is -0.336 e. The maximum absolute atomic E-state index is 5.61. The summed E-state index contributed by atoms with van der Waals surface area (Å²) in [6.07, 6.45) is 3.68. The normalized spacial score (nSPS) is 12.7. The molecule has 84 valence electrons. The number of aryl methyl sites for hydroxylation is 1. The molecule has 0 aliphatic heterocycles. The fraction of sp³-hybridized carbons (Fsp3) is 0.182. The highest BCUT2D eigenvalue weighted by atomic mass is 127. The fourth-order valence-electron chi connectivity index (χ4n) is 1.66. The molecule has 5 heteroatoms. The number of imidazole rings is 1. The van der Waals surface area contributed by atoms with Crippen LogP contribution in [-0.2, 0) is 7.05 Å². The van der Waals surface area contributed by atoms with Crippen molar-refractivity contribution in [1.29, 1.82) is 0 Å². The Morgan fingerprint density at radius 1 is 1.50 bits per heavy atom. The lowest BCUT2D eigenvalue weighted by Crippen LogP contribution is -2.30. The number of benzene rings is 1. The lowest BCUT2D eigenvalue weighted by molar-refractivity contribution is 0.580. The zero-order chi connectivity index (χ0) is 11.5. The van der Waals surface area contributed by atoms with Crippen LogP contribution in [0.3, 0.4) is 0 Å². The molecule has 2 aromatic rings. The standard InChI is InChI=1S/C11H13IN4/c1-16-6-5-14-11(16)10(15-13)8-3-2-4-9(12)7-8/h2-7,10,15H,13H2,1H3. The largest absolute Gasteiger partial charge is 0.336 e. The molecule has 1 atom stereocenters. The van der Waals surface area contributed by atoms with Crippen LogP contribution >= 0.6 is 22.6 Å². The van der Waals surface area contributed by atoms with Crippen LogP contribution in [-0.4, -0.2) is 9.55 Å². The fourth-order valence-corrected chi connectivity index (χ4v) is 2.23. The van der Waals surface area contributed by atoms with E-state index < -0.39 is 0 Å². The van der Waals surface area contributed by atoms with Gasteiger partial charge in [0.05, 0.1) is 0 Å². The van der Waals surface area contributed by atoms with E-state index >= 15 is 0 Å². The Morgan fingerprint density at radius 3 is 2.88 bits per heavy atom. The van der Waals surface area contributed by atoms with Gasteiger partial charge in [0.2, 0.25) is 0 Å². The smallest absolute Gasteiger partial charge is 0.131 e. The van der Waals surface area contributed by atoms with Crippen LogP contribution in [0.1, 0.15) is 17.4 Å². The number of nitrogens with zero attached hydrogens (tertiary/aromatic N) is 2. The summed E-state index contributed by atoms with van der Waals surface area (Å²) in [6, 6.07) is 8.14. The molecular weight excluding hydrogens is 315 g/mol. The summed E-state index contributed by atoms with van der Waals surface area (Å²) < 4.78 is 3.15. The van der Waals surface area contributed by atoms with E-state index in [0.717, 1.165) is 11.4 Å². The molecule has 1 unspecified atom stereocenters. The number of halogens is 1. The van der Waals surface area contributed by atoms with Crippen molar-refractivity contribution in [2.24, 2.45) is 12.9 Å². The van der Waals surface area contributed by atoms with Crippen molar-refractivity contribution in [3.05, 3.63) is 51.6 Å². The second-order valence-electron chi connectivity index (χ2n) is 3.55. The van der Waals surface area contributed by atoms with Crippen molar-refractivity contribution in [3.63, 3.8) is 0 Å². The highest BCUT2D eigenvalue weighted by molar-refractivity contribution is 14.1. The summed E-state index contributed by atoms with van der Waals surface area (Å²) in [5.74, 6) is 6.52. The van der Waals surface area contributed by atoms with Crippen LogP contribution in [0.4, 0.5) is 0 Å². The molecule has 0 bridgehead atoms. The average molecular weight is 328 g/mol. The highest BCUT2D eigenvalue weighted by Gasteiger charge is 2.16. The molecule has 0 amide bonds. The molecule has 0 fully saturated rings. The van der Waals surface area contributed by atoms with Crippen LogP contribution in [0.2, 0.25) is 0 Å². The third-order valence-electron chi connectivity index (χ3n) is 2.47. The summed E-state index contributed by atoms with van der Waals surface area (Å²) in [7, 11) is 1.96. The van der Waals surface area contributed by atoms with Crippen molar-refractivity contribution >= 4 is 22.6 Å². The molecule has 1 aromatic heterocycles. The van der Waals surface area contributed by atoms with Gasteiger partial charge in [-0.3, -0.25) is 5.84 Å². The Hall–Kier alpha value is -0.920. The Labute approximate surface area is 108 Å². The number of hydrazine groups is 1. The predicted molar refractivity (Wildman–Crippen MR) is 71.5 cm³/mol. The van der Waals surface area contributed by atoms with Gasteiger partial charge < -0.3 is 4.57 Å². The van der Waals surface area contributed by atoms with Crippen molar-refractivity contribution in [2.75, 3.05) is 0 Å². The van der Waals surface area contributed by atoms with Gasteiger partial charge in [0, 0.05) is 23.0 Å². The van der Waals surface area contributed by atoms with Gasteiger partial charge in [-0.1, -0.05) is 12.1 Å². The minimum atomic E-state index is -0.0743. The molecule has 0 spiro atoms. The highest BCUT2D eigenvalue weighted by Crippen LogP contribution is 2.20. The summed E-state index contributed by atoms with van der Waals surface area (Å²) in [4.78, 5) is 4.31. The molecule has 0 aliphatic rings. The Balaban J connectivity index is 2.40. The number of aromatic nitrogens is 2. The van der Waals surface area contributed by atoms with Crippen LogP contribution in [0.25, 0.3) is 0 Å². The zero-order valence-electron chi connectivity index (χ0n) is 8.89. The molecule has 2 rings (SSSR count). The second kappa shape index (κ2) is 4.94. The number of hydrogen-bond acceptors (Lipinski definition) is 3. The Bertz CT molecular complexity index is 480. The molecule has 4 nitrogen and oxygen atoms in total. The maximum Gasteiger partial charge on any atom is 0.131 e. The molecule has 0 radical (unpaired) electrons. The van der Waals surface area contributed by atoms with E-state index in [1.165, 1.54) is 3.57 Å². The Morgan fingerprint density at radius 2 is 2.31 bits per heavy atom. The number of rotatable bonds is 3. The van der Waals surface area contributed by atoms with Crippen LogP contribution in [0, 0.1) is 3.57 Å². The van der Waals surface area contributed by atoms with E-state index in [-0.39, 0.29) is 6.04 Å². The zero-order valence-corrected chi connectivity index (χ0v) is 11.0. The first-order valence-corrected chi connectivity index (χ1v) is 5.99. The van der Waals surface area contributed by atoms with Crippen LogP contribution in [0.15, 0.2) is 36.7 Å². The van der Waals surface area contributed by atoms with E-state index in [0.29, 0.717) is 0 Å². The molecule has 1 aromatic carbocycles. The number of hydrogen-bond donors (Lipinski definition) is 2. The van der Waals surface area contributed by atoms with E-state index in [4.69, 9.17) is 5.84 Å². The maximum atomic E-state index is 5.61. The van der Waals surface area contributed by atoms with E-state index in [1.807, 2.05) is 29.9 Å². The first-order chi connectivity index (χ1) is 7.72. The summed E-state index contributed by atoms with van der Waals surface area (Å²) >= 11 is 2.29. The lowest BCUT2D eigenvalue weighted by atomic mass is 10.1. The summed E-state index contributed by atoms with van der Waals surface area (Å²) in [5.41, 5.74) is 3.92. The van der Waals surface area contributed by atoms with E-state index in [1.54, 1.807) is 6.20 Å². The van der Waals surface area contributed by atoms with Crippen molar-refractivity contribution < 1.29 is 0 Å². The van der Waals surface area contributed by atoms with Gasteiger partial charge in [0.15, 0.2) is 0 Å². The van der Waals surface area contributed by atoms with Gasteiger partial charge in [0.25, 0.3) is 0 Å². The predicted octanol–water partition coefficient (Wildman–Crippen LogP) is 1.58. The SMILES string of the molecule is Cn1ccnc1C(NN)c1cccc(I)c1. The van der Waals surface area contributed by atoms with Gasteiger partial charge in [-0.15, -0.1) is 0 Å². The first-order valence-electron chi connectivity index (χ1n) is 4.91. The van der Waals surface area contributed by atoms with Gasteiger partial charge >= 0.3 is 0 Å². The second-order valence-corrected chi connectivity index (χ2v) is 4.80. The average Bonchev–Trinajstić information content (AvgIpc) is 2.67. The van der Waals surface area contributed by atoms with Crippen LogP contribution < -0.4 is 11.3 Å². The third kappa shape index (κ3) is 2.26. The molecule has 16 heavy (non-hydrogen) atoms. The van der Waals surface area contributed by atoms with Crippen LogP contribution in [0.5, 0.6) is 0 Å². The minimum absolute atomic E-state index is 0.0743. The number of nitrogens with two attached hydrogens (primary N) is 1. The van der Waals surface area contributed by atoms with Gasteiger partial charge in [-0.25, -0.2) is 10.4 Å². The van der Waals surface area contributed by atoms with Gasteiger partial charge in [-0.05, 0) is 40.3 Å². The van der Waals surface area contributed by atoms with Crippen molar-refractivity contribution in [1.82, 2.24) is 15.0 Å². The topological polar surface area (TPSA) is 55.9 Å². The lowest BCUT2D eigenvalue weighted by Gasteiger charge is -2.16. The molecule has 0 aliphatic carbocycles. The quantitative estimate of drug-likeness (QED) is 0.511.